The monoisotopic (exact) mass is 837 g/mol. The maximum atomic E-state index is 15.5. The maximum Gasteiger partial charge on any atom is 0.314 e. The number of nitrogens with zero attached hydrogens (tertiary/aromatic N) is 9. The molecule has 6 aromatic rings. The first-order chi connectivity index (χ1) is 25.1. The van der Waals surface area contributed by atoms with Crippen LogP contribution in [0.5, 0.6) is 0 Å². The number of hydrogen-bond donors (Lipinski definition) is 0. The summed E-state index contributed by atoms with van der Waals surface area (Å²) in [4.78, 5) is 12.8. The molecule has 15 nitrogen and oxygen atoms in total. The highest BCUT2D eigenvalue weighted by Gasteiger charge is 2.28. The Morgan fingerprint density at radius 3 is 1.83 bits per heavy atom. The molecule has 0 saturated carbocycles. The highest BCUT2D eigenvalue weighted by atomic mass is 35.5. The summed E-state index contributed by atoms with van der Waals surface area (Å²) in [7, 11) is -8.30. The molecule has 53 heavy (non-hydrogen) atoms. The summed E-state index contributed by atoms with van der Waals surface area (Å²) in [5, 5.41) is 13.9. The van der Waals surface area contributed by atoms with E-state index in [4.69, 9.17) is 20.4 Å². The van der Waals surface area contributed by atoms with E-state index in [-0.39, 0.29) is 57.0 Å². The fourth-order valence-electron chi connectivity index (χ4n) is 4.55. The Morgan fingerprint density at radius 1 is 0.774 bits per heavy atom. The predicted octanol–water partition coefficient (Wildman–Crippen LogP) is 6.31. The molecule has 0 aliphatic heterocycles. The van der Waals surface area contributed by atoms with Gasteiger partial charge >= 0.3 is 12.9 Å². The SMILES string of the molecule is CS(=O)(=O)N(Cc1cnc(-c2nnc(C(F)F)o2)s1)c1cnc(CCS(=O)(=O)N(Cc2cnc(-c3nnc(C(F)F)o3)s2)c2cccc(Cl)c2)c(F)c1. The third-order valence-corrected chi connectivity index (χ3v) is 12.0. The zero-order chi connectivity index (χ0) is 38.1. The van der Waals surface area contributed by atoms with E-state index >= 15 is 4.39 Å². The van der Waals surface area contributed by atoms with E-state index in [1.54, 1.807) is 0 Å². The van der Waals surface area contributed by atoms with Gasteiger partial charge in [0.15, 0.2) is 10.0 Å². The number of sulfonamides is 2. The topological polar surface area (TPSA) is 191 Å². The van der Waals surface area contributed by atoms with Crippen LogP contribution in [0.25, 0.3) is 21.8 Å². The summed E-state index contributed by atoms with van der Waals surface area (Å²) < 4.78 is 132. The predicted molar refractivity (Wildman–Crippen MR) is 181 cm³/mol. The number of aryl methyl sites for hydroxylation is 1. The van der Waals surface area contributed by atoms with Crippen molar-refractivity contribution in [2.45, 2.75) is 32.4 Å². The number of anilines is 2. The minimum absolute atomic E-state index is 0.0478. The van der Waals surface area contributed by atoms with Crippen molar-refractivity contribution in [1.82, 2.24) is 35.3 Å². The van der Waals surface area contributed by atoms with Crippen molar-refractivity contribution < 1.29 is 47.6 Å². The summed E-state index contributed by atoms with van der Waals surface area (Å²) in [6.07, 6.45) is -1.91. The zero-order valence-corrected chi connectivity index (χ0v) is 30.5. The molecule has 5 aromatic heterocycles. The standard InChI is InChI=1S/C28H21ClF5N9O6S4/c1-52(44,45)42(12-17-10-36-27(50-17)25-40-38-23(48-25)21(31)32)16-8-19(30)20(35-9-16)5-6-53(46,47)43(15-4-2-3-14(29)7-15)13-18-11-37-28(51-18)26-41-39-24(49-26)22(33)34/h2-4,7-11,21-22H,5-6,12-13H2,1H3. The Balaban J connectivity index is 1.19. The number of hydrogen-bond acceptors (Lipinski definition) is 15. The van der Waals surface area contributed by atoms with Gasteiger partial charge in [0, 0.05) is 39.7 Å². The lowest BCUT2D eigenvalue weighted by Gasteiger charge is -2.24. The van der Waals surface area contributed by atoms with Gasteiger partial charge in [0.1, 0.15) is 5.82 Å². The third kappa shape index (κ3) is 8.94. The second kappa shape index (κ2) is 15.4. The van der Waals surface area contributed by atoms with Crippen molar-refractivity contribution in [3.05, 3.63) is 87.0 Å². The van der Waals surface area contributed by atoms with E-state index in [1.807, 2.05) is 0 Å². The van der Waals surface area contributed by atoms with Crippen LogP contribution in [-0.2, 0) is 39.6 Å². The molecule has 0 N–H and O–H groups in total. The lowest BCUT2D eigenvalue weighted by atomic mass is 10.2. The average molecular weight is 838 g/mol. The molecule has 0 fully saturated rings. The van der Waals surface area contributed by atoms with Gasteiger partial charge in [-0.2, -0.15) is 17.6 Å². The van der Waals surface area contributed by atoms with Crippen molar-refractivity contribution in [3.63, 3.8) is 0 Å². The van der Waals surface area contributed by atoms with Gasteiger partial charge in [-0.05, 0) is 18.2 Å². The number of pyridine rings is 1. The number of aromatic nitrogens is 7. The molecule has 5 heterocycles. The lowest BCUT2D eigenvalue weighted by molar-refractivity contribution is 0.115. The van der Waals surface area contributed by atoms with Gasteiger partial charge in [-0.1, -0.05) is 17.7 Å². The molecule has 0 spiro atoms. The van der Waals surface area contributed by atoms with Crippen molar-refractivity contribution in [2.75, 3.05) is 20.6 Å². The molecule has 0 radical (unpaired) electrons. The van der Waals surface area contributed by atoms with E-state index in [9.17, 15) is 34.4 Å². The van der Waals surface area contributed by atoms with Crippen LogP contribution >= 0.6 is 34.3 Å². The molecule has 6 rings (SSSR count). The molecule has 1 aromatic carbocycles. The highest BCUT2D eigenvalue weighted by molar-refractivity contribution is 7.92. The number of benzene rings is 1. The van der Waals surface area contributed by atoms with Gasteiger partial charge < -0.3 is 8.83 Å². The molecular weight excluding hydrogens is 817 g/mol. The Labute approximate surface area is 309 Å². The molecule has 280 valence electrons. The van der Waals surface area contributed by atoms with E-state index in [0.29, 0.717) is 9.75 Å². The van der Waals surface area contributed by atoms with Gasteiger partial charge in [-0.15, -0.1) is 43.1 Å². The van der Waals surface area contributed by atoms with Gasteiger partial charge in [0.25, 0.3) is 23.6 Å². The van der Waals surface area contributed by atoms with Gasteiger partial charge in [-0.25, -0.2) is 31.2 Å². The van der Waals surface area contributed by atoms with E-state index in [0.717, 1.165) is 49.8 Å². The quantitative estimate of drug-likeness (QED) is 0.105. The molecule has 0 saturated heterocycles. The molecule has 0 atom stereocenters. The number of rotatable bonds is 15. The lowest BCUT2D eigenvalue weighted by Crippen LogP contribution is -2.33. The largest absolute Gasteiger partial charge is 0.413 e. The molecular formula is C28H21ClF5N9O6S4. The maximum absolute atomic E-state index is 15.5. The fraction of sp³-hybridized carbons (Fsp3) is 0.250. The van der Waals surface area contributed by atoms with Crippen LogP contribution < -0.4 is 8.61 Å². The van der Waals surface area contributed by atoms with Crippen LogP contribution in [0.2, 0.25) is 5.02 Å². The Hall–Kier alpha value is -4.65. The smallest absolute Gasteiger partial charge is 0.314 e. The van der Waals surface area contributed by atoms with Crippen molar-refractivity contribution in [2.24, 2.45) is 0 Å². The van der Waals surface area contributed by atoms with E-state index in [1.165, 1.54) is 36.7 Å². The highest BCUT2D eigenvalue weighted by Crippen LogP contribution is 2.32. The van der Waals surface area contributed by atoms with E-state index < -0.39 is 62.7 Å². The summed E-state index contributed by atoms with van der Waals surface area (Å²) in [5.74, 6) is -4.04. The number of halogens is 6. The van der Waals surface area contributed by atoms with Crippen LogP contribution in [0.4, 0.5) is 33.3 Å². The zero-order valence-electron chi connectivity index (χ0n) is 26.5. The van der Waals surface area contributed by atoms with Crippen molar-refractivity contribution >= 4 is 65.7 Å². The third-order valence-electron chi connectivity index (χ3n) is 6.95. The molecule has 0 aliphatic carbocycles. The van der Waals surface area contributed by atoms with Crippen molar-refractivity contribution in [3.8, 4) is 21.8 Å². The normalized spacial score (nSPS) is 12.2. The van der Waals surface area contributed by atoms with Crippen molar-refractivity contribution in [1.29, 1.82) is 0 Å². The second-order valence-electron chi connectivity index (χ2n) is 10.7. The first-order valence-corrected chi connectivity index (χ1v) is 20.1. The van der Waals surface area contributed by atoms with Crippen LogP contribution in [0.3, 0.4) is 0 Å². The summed E-state index contributed by atoms with van der Waals surface area (Å²) in [6.45, 7) is -0.636. The molecule has 0 aliphatic rings. The number of thiazole rings is 2. The molecule has 25 heteroatoms. The Bertz CT molecular complexity index is 2460. The minimum atomic E-state index is -4.26. The van der Waals surface area contributed by atoms with Crippen LogP contribution in [0.15, 0.2) is 57.8 Å². The molecule has 0 bridgehead atoms. The first kappa shape index (κ1) is 38.1. The summed E-state index contributed by atoms with van der Waals surface area (Å²) in [5.41, 5.74) is -0.306. The molecule has 0 amide bonds. The number of alkyl halides is 4. The van der Waals surface area contributed by atoms with Gasteiger partial charge in [0.2, 0.25) is 20.0 Å². The second-order valence-corrected chi connectivity index (χ2v) is 17.3. The summed E-state index contributed by atoms with van der Waals surface area (Å²) in [6, 6.07) is 6.83. The molecule has 0 unspecified atom stereocenters. The van der Waals surface area contributed by atoms with Crippen LogP contribution in [0, 0.1) is 5.82 Å². The Kier molecular flexibility index (Phi) is 11.0. The van der Waals surface area contributed by atoms with Gasteiger partial charge in [0.05, 0.1) is 48.4 Å². The Morgan fingerprint density at radius 2 is 1.34 bits per heavy atom. The first-order valence-electron chi connectivity index (χ1n) is 14.6. The van der Waals surface area contributed by atoms with E-state index in [2.05, 4.69) is 35.3 Å². The van der Waals surface area contributed by atoms with Gasteiger partial charge in [-0.3, -0.25) is 13.6 Å². The minimum Gasteiger partial charge on any atom is -0.413 e. The summed E-state index contributed by atoms with van der Waals surface area (Å²) >= 11 is 7.95. The van der Waals surface area contributed by atoms with Crippen LogP contribution in [-0.4, -0.2) is 64.2 Å². The average Bonchev–Trinajstić information content (AvgIpc) is 3.91. The fourth-order valence-corrected chi connectivity index (χ4v) is 8.85. The van der Waals surface area contributed by atoms with Crippen LogP contribution in [0.1, 0.15) is 40.1 Å².